The minimum Gasteiger partial charge on any atom is -0.368 e. The predicted octanol–water partition coefficient (Wildman–Crippen LogP) is 2.98. The third-order valence-electron chi connectivity index (χ3n) is 5.39. The zero-order valence-corrected chi connectivity index (χ0v) is 16.7. The van der Waals surface area contributed by atoms with Crippen LogP contribution >= 0.6 is 23.2 Å². The van der Waals surface area contributed by atoms with E-state index in [2.05, 4.69) is 10.1 Å². The molecule has 0 bridgehead atoms. The molecule has 2 N–H and O–H groups in total. The van der Waals surface area contributed by atoms with Gasteiger partial charge in [0.05, 0.1) is 22.3 Å². The minimum absolute atomic E-state index is 0.181. The van der Waals surface area contributed by atoms with Crippen molar-refractivity contribution in [3.8, 4) is 0 Å². The van der Waals surface area contributed by atoms with Crippen molar-refractivity contribution in [3.63, 3.8) is 0 Å². The molecule has 3 atom stereocenters. The second kappa shape index (κ2) is 7.22. The first-order valence-electron chi connectivity index (χ1n) is 9.02. The topological polar surface area (TPSA) is 93.6 Å². The second-order valence-corrected chi connectivity index (χ2v) is 7.89. The van der Waals surface area contributed by atoms with E-state index in [-0.39, 0.29) is 5.91 Å². The van der Waals surface area contributed by atoms with Gasteiger partial charge in [0.25, 0.3) is 0 Å². The lowest BCUT2D eigenvalue weighted by molar-refractivity contribution is -0.139. The number of hydrogen-bond donors (Lipinski definition) is 1. The van der Waals surface area contributed by atoms with Gasteiger partial charge in [-0.25, -0.2) is 9.67 Å². The fraction of sp³-hybridized carbons (Fsp3) is 0.368. The average Bonchev–Trinajstić information content (AvgIpc) is 3.31. The third-order valence-corrected chi connectivity index (χ3v) is 6.12. The van der Waals surface area contributed by atoms with Crippen molar-refractivity contribution >= 4 is 46.5 Å². The van der Waals surface area contributed by atoms with Crippen molar-refractivity contribution in [2.24, 2.45) is 16.6 Å². The Bertz CT molecular complexity index is 986. The summed E-state index contributed by atoms with van der Waals surface area (Å²) in [5.41, 5.74) is 6.97. The highest BCUT2D eigenvalue weighted by Crippen LogP contribution is 2.39. The lowest BCUT2D eigenvalue weighted by Crippen LogP contribution is -2.50. The number of rotatable bonds is 3. The molecular weight excluding hydrogens is 401 g/mol. The van der Waals surface area contributed by atoms with E-state index in [4.69, 9.17) is 28.9 Å². The highest BCUT2D eigenvalue weighted by Gasteiger charge is 2.43. The number of carbonyl (C=O) groups excluding carboxylic acids is 2. The molecule has 2 amide bonds. The molecule has 9 heteroatoms. The number of benzene rings is 1. The number of carbonyl (C=O) groups is 2. The number of nitrogens with two attached hydrogens (primary N) is 1. The van der Waals surface area contributed by atoms with Gasteiger partial charge in [-0.05, 0) is 37.5 Å². The second-order valence-electron chi connectivity index (χ2n) is 7.08. The van der Waals surface area contributed by atoms with Gasteiger partial charge in [-0.15, -0.1) is 0 Å². The fourth-order valence-corrected chi connectivity index (χ4v) is 4.39. The van der Waals surface area contributed by atoms with Crippen LogP contribution in [0.1, 0.15) is 31.4 Å². The number of amides is 2. The van der Waals surface area contributed by atoms with Crippen molar-refractivity contribution in [1.82, 2.24) is 14.7 Å². The molecule has 4 rings (SSSR count). The van der Waals surface area contributed by atoms with Crippen LogP contribution in [-0.2, 0) is 9.59 Å². The van der Waals surface area contributed by atoms with Gasteiger partial charge in [0, 0.05) is 18.3 Å². The van der Waals surface area contributed by atoms with Crippen LogP contribution in [0, 0.1) is 5.92 Å². The summed E-state index contributed by atoms with van der Waals surface area (Å²) in [5, 5.41) is 5.22. The number of nitrogens with zero attached hydrogens (tertiary/aromatic N) is 4. The van der Waals surface area contributed by atoms with Crippen molar-refractivity contribution < 1.29 is 9.59 Å². The maximum absolute atomic E-state index is 13.5. The number of hydrogen-bond acceptors (Lipinski definition) is 4. The number of aliphatic imine (C=N–C) groups is 1. The summed E-state index contributed by atoms with van der Waals surface area (Å²) in [7, 11) is 0. The van der Waals surface area contributed by atoms with E-state index in [1.807, 2.05) is 13.0 Å². The van der Waals surface area contributed by atoms with Crippen LogP contribution in [0.2, 0.25) is 10.0 Å². The molecule has 2 aliphatic rings. The largest absolute Gasteiger partial charge is 0.368 e. The molecule has 1 aromatic heterocycles. The summed E-state index contributed by atoms with van der Waals surface area (Å²) in [5.74, 6) is -0.628. The Morgan fingerprint density at radius 2 is 2.00 bits per heavy atom. The Morgan fingerprint density at radius 1 is 1.21 bits per heavy atom. The van der Waals surface area contributed by atoms with E-state index >= 15 is 0 Å². The van der Waals surface area contributed by atoms with Gasteiger partial charge >= 0.3 is 0 Å². The SMILES string of the molecule is CC1=Nc2ccnn2C(c2ccc(Cl)c(Cl)c2)C1C(=O)N1CCC[C@H]1C(N)=O. The van der Waals surface area contributed by atoms with E-state index in [0.29, 0.717) is 34.5 Å². The predicted molar refractivity (Wildman–Crippen MR) is 107 cm³/mol. The van der Waals surface area contributed by atoms with E-state index in [9.17, 15) is 9.59 Å². The molecule has 3 heterocycles. The molecule has 0 spiro atoms. The summed E-state index contributed by atoms with van der Waals surface area (Å²) in [4.78, 5) is 31.5. The fourth-order valence-electron chi connectivity index (χ4n) is 4.08. The lowest BCUT2D eigenvalue weighted by Gasteiger charge is -2.35. The van der Waals surface area contributed by atoms with Crippen LogP contribution in [-0.4, -0.2) is 44.8 Å². The number of halogens is 2. The normalized spacial score (nSPS) is 24.0. The number of aromatic nitrogens is 2. The number of likely N-dealkylation sites (tertiary alicyclic amines) is 1. The highest BCUT2D eigenvalue weighted by atomic mass is 35.5. The smallest absolute Gasteiger partial charge is 0.240 e. The first-order valence-corrected chi connectivity index (χ1v) is 9.77. The molecule has 2 aromatic rings. The van der Waals surface area contributed by atoms with Crippen LogP contribution in [0.5, 0.6) is 0 Å². The van der Waals surface area contributed by atoms with E-state index in [1.54, 1.807) is 34.0 Å². The van der Waals surface area contributed by atoms with Crippen molar-refractivity contribution in [2.75, 3.05) is 6.54 Å². The standard InChI is InChI=1S/C19H19Cl2N5O2/c1-10-16(19(28)25-8-2-3-14(25)18(22)27)17(26-15(24-10)6-7-23-26)11-4-5-12(20)13(21)9-11/h4-7,9,14,16-17H,2-3,8H2,1H3,(H2,22,27)/t14-,16?,17?/m0/s1. The molecule has 1 saturated heterocycles. The number of primary amides is 1. The van der Waals surface area contributed by atoms with Crippen molar-refractivity contribution in [1.29, 1.82) is 0 Å². The summed E-state index contributed by atoms with van der Waals surface area (Å²) in [6.45, 7) is 2.31. The summed E-state index contributed by atoms with van der Waals surface area (Å²) in [6.07, 6.45) is 2.97. The van der Waals surface area contributed by atoms with Gasteiger partial charge in [-0.3, -0.25) is 9.59 Å². The van der Waals surface area contributed by atoms with Crippen LogP contribution < -0.4 is 5.73 Å². The molecule has 146 valence electrons. The van der Waals surface area contributed by atoms with E-state index in [0.717, 1.165) is 12.0 Å². The summed E-state index contributed by atoms with van der Waals surface area (Å²) >= 11 is 12.3. The van der Waals surface area contributed by atoms with Gasteiger partial charge in [0.1, 0.15) is 12.0 Å². The average molecular weight is 420 g/mol. The lowest BCUT2D eigenvalue weighted by atomic mass is 9.87. The Balaban J connectivity index is 1.80. The zero-order valence-electron chi connectivity index (χ0n) is 15.2. The van der Waals surface area contributed by atoms with Crippen molar-refractivity contribution in [2.45, 2.75) is 31.8 Å². The third kappa shape index (κ3) is 3.08. The van der Waals surface area contributed by atoms with Gasteiger partial charge in [-0.1, -0.05) is 29.3 Å². The molecule has 2 aliphatic heterocycles. The van der Waals surface area contributed by atoms with Crippen LogP contribution in [0.15, 0.2) is 35.5 Å². The van der Waals surface area contributed by atoms with Gasteiger partial charge in [-0.2, -0.15) is 5.10 Å². The first kappa shape index (κ1) is 19.0. The maximum Gasteiger partial charge on any atom is 0.240 e. The maximum atomic E-state index is 13.5. The van der Waals surface area contributed by atoms with Crippen molar-refractivity contribution in [3.05, 3.63) is 46.1 Å². The van der Waals surface area contributed by atoms with Gasteiger partial charge in [0.15, 0.2) is 5.82 Å². The molecule has 1 aromatic carbocycles. The van der Waals surface area contributed by atoms with Crippen LogP contribution in [0.3, 0.4) is 0 Å². The molecular formula is C19H19Cl2N5O2. The van der Waals surface area contributed by atoms with Gasteiger partial charge < -0.3 is 10.6 Å². The summed E-state index contributed by atoms with van der Waals surface area (Å²) < 4.78 is 1.71. The quantitative estimate of drug-likeness (QED) is 0.827. The number of fused-ring (bicyclic) bond motifs is 1. The molecule has 7 nitrogen and oxygen atoms in total. The monoisotopic (exact) mass is 419 g/mol. The molecule has 1 fully saturated rings. The Morgan fingerprint density at radius 3 is 2.71 bits per heavy atom. The molecule has 0 saturated carbocycles. The zero-order chi connectivity index (χ0) is 20.0. The Hall–Kier alpha value is -2.38. The van der Waals surface area contributed by atoms with E-state index < -0.39 is 23.9 Å². The Labute approximate surface area is 172 Å². The Kier molecular flexibility index (Phi) is 4.89. The molecule has 2 unspecified atom stereocenters. The molecule has 0 aliphatic carbocycles. The minimum atomic E-state index is -0.621. The molecule has 0 radical (unpaired) electrons. The summed E-state index contributed by atoms with van der Waals surface area (Å²) in [6, 6.07) is 6.03. The van der Waals surface area contributed by atoms with E-state index in [1.165, 1.54) is 0 Å². The van der Waals surface area contributed by atoms with Gasteiger partial charge in [0.2, 0.25) is 11.8 Å². The van der Waals surface area contributed by atoms with Crippen LogP contribution in [0.4, 0.5) is 5.82 Å². The van der Waals surface area contributed by atoms with Crippen LogP contribution in [0.25, 0.3) is 0 Å². The molecule has 28 heavy (non-hydrogen) atoms. The first-order chi connectivity index (χ1) is 13.4. The highest BCUT2D eigenvalue weighted by molar-refractivity contribution is 6.42.